The number of aryl methyl sites for hydroxylation is 2. The Bertz CT molecular complexity index is 487. The maximum Gasteiger partial charge on any atom is 0.228 e. The second kappa shape index (κ2) is 3.97. The minimum absolute atomic E-state index is 0.0106. The molecular weight excluding hydrogens is 205 g/mol. The summed E-state index contributed by atoms with van der Waals surface area (Å²) in [5.41, 5.74) is 2.15. The van der Waals surface area contributed by atoms with E-state index >= 15 is 0 Å². The Morgan fingerprint density at radius 1 is 1.50 bits per heavy atom. The van der Waals surface area contributed by atoms with Gasteiger partial charge in [0.1, 0.15) is 5.82 Å². The zero-order valence-electron chi connectivity index (χ0n) is 9.09. The molecule has 0 bridgehead atoms. The summed E-state index contributed by atoms with van der Waals surface area (Å²) in [5, 5.41) is 0. The number of hydrogen-bond donors (Lipinski definition) is 0. The Labute approximate surface area is 94.1 Å². The average Bonchev–Trinajstić information content (AvgIpc) is 2.25. The minimum atomic E-state index is -0.228. The van der Waals surface area contributed by atoms with Crippen LogP contribution in [0.1, 0.15) is 17.5 Å². The van der Waals surface area contributed by atoms with Crippen LogP contribution in [0.25, 0.3) is 0 Å². The van der Waals surface area contributed by atoms with E-state index in [1.165, 1.54) is 6.07 Å². The Morgan fingerprint density at radius 2 is 2.25 bits per heavy atom. The number of amides is 1. The lowest BCUT2D eigenvalue weighted by Crippen LogP contribution is -2.35. The predicted octanol–water partition coefficient (Wildman–Crippen LogP) is 2.05. The molecule has 82 valence electrons. The first-order valence-corrected chi connectivity index (χ1v) is 5.16. The first-order valence-electron chi connectivity index (χ1n) is 5.16. The van der Waals surface area contributed by atoms with Crippen LogP contribution in [-0.4, -0.2) is 12.5 Å². The number of rotatable bonds is 1. The van der Waals surface area contributed by atoms with Crippen molar-refractivity contribution in [2.24, 2.45) is 0 Å². The van der Waals surface area contributed by atoms with Crippen LogP contribution in [0, 0.1) is 25.1 Å². The van der Waals surface area contributed by atoms with Gasteiger partial charge in [-0.25, -0.2) is 4.39 Å². The number of benzene rings is 1. The summed E-state index contributed by atoms with van der Waals surface area (Å²) >= 11 is 0. The van der Waals surface area contributed by atoms with E-state index in [1.54, 1.807) is 17.9 Å². The Kier molecular flexibility index (Phi) is 2.66. The van der Waals surface area contributed by atoms with Gasteiger partial charge in [0.15, 0.2) is 0 Å². The molecule has 3 heteroatoms. The van der Waals surface area contributed by atoms with E-state index in [-0.39, 0.29) is 18.3 Å². The normalized spacial score (nSPS) is 14.6. The molecule has 0 unspecified atom stereocenters. The van der Waals surface area contributed by atoms with E-state index in [4.69, 9.17) is 6.42 Å². The van der Waals surface area contributed by atoms with Gasteiger partial charge in [-0.2, -0.15) is 0 Å². The van der Waals surface area contributed by atoms with Crippen LogP contribution in [0.5, 0.6) is 0 Å². The number of halogens is 1. The van der Waals surface area contributed by atoms with Gasteiger partial charge in [0, 0.05) is 12.1 Å². The molecule has 0 N–H and O–H groups in total. The van der Waals surface area contributed by atoms with Crippen LogP contribution in [0.15, 0.2) is 12.1 Å². The largest absolute Gasteiger partial charge is 0.301 e. The first-order chi connectivity index (χ1) is 7.63. The predicted molar refractivity (Wildman–Crippen MR) is 60.6 cm³/mol. The summed E-state index contributed by atoms with van der Waals surface area (Å²) in [4.78, 5) is 13.2. The summed E-state index contributed by atoms with van der Waals surface area (Å²) in [5.74, 6) is 2.24. The van der Waals surface area contributed by atoms with Crippen LogP contribution in [0.3, 0.4) is 0 Å². The maximum atomic E-state index is 13.4. The van der Waals surface area contributed by atoms with Crippen molar-refractivity contribution in [2.75, 3.05) is 11.4 Å². The minimum Gasteiger partial charge on any atom is -0.301 e. The van der Waals surface area contributed by atoms with Crippen LogP contribution in [0.2, 0.25) is 0 Å². The van der Waals surface area contributed by atoms with Gasteiger partial charge < -0.3 is 4.90 Å². The number of hydrogen-bond acceptors (Lipinski definition) is 1. The molecule has 0 radical (unpaired) electrons. The molecule has 0 saturated carbocycles. The standard InChI is InChI=1S/C13H12FNO/c1-3-6-15-12-7-9(2)11(14)8-10(12)4-5-13(15)16/h1,7-8H,4-6H2,2H3. The third-order valence-corrected chi connectivity index (χ3v) is 2.81. The van der Waals surface area contributed by atoms with Crippen LogP contribution in [-0.2, 0) is 11.2 Å². The Hall–Kier alpha value is -1.82. The molecule has 1 aromatic carbocycles. The summed E-state index contributed by atoms with van der Waals surface area (Å²) in [6, 6.07) is 3.19. The van der Waals surface area contributed by atoms with Gasteiger partial charge in [-0.15, -0.1) is 6.42 Å². The molecule has 1 aliphatic heterocycles. The van der Waals surface area contributed by atoms with Crippen molar-refractivity contribution >= 4 is 11.6 Å². The Balaban J connectivity index is 2.51. The van der Waals surface area contributed by atoms with Crippen molar-refractivity contribution in [3.8, 4) is 12.3 Å². The fourth-order valence-electron chi connectivity index (χ4n) is 1.93. The molecule has 0 aromatic heterocycles. The Morgan fingerprint density at radius 3 is 2.94 bits per heavy atom. The highest BCUT2D eigenvalue weighted by atomic mass is 19.1. The number of nitrogens with zero attached hydrogens (tertiary/aromatic N) is 1. The van der Waals surface area contributed by atoms with E-state index in [1.807, 2.05) is 0 Å². The van der Waals surface area contributed by atoms with Gasteiger partial charge in [-0.1, -0.05) is 5.92 Å². The van der Waals surface area contributed by atoms with Gasteiger partial charge in [-0.3, -0.25) is 4.79 Å². The van der Waals surface area contributed by atoms with Crippen molar-refractivity contribution < 1.29 is 9.18 Å². The molecule has 0 aliphatic carbocycles. The molecule has 16 heavy (non-hydrogen) atoms. The molecule has 0 saturated heterocycles. The van der Waals surface area contributed by atoms with Gasteiger partial charge in [-0.05, 0) is 36.6 Å². The molecule has 0 atom stereocenters. The maximum absolute atomic E-state index is 13.4. The molecule has 1 heterocycles. The van der Waals surface area contributed by atoms with E-state index in [0.717, 1.165) is 11.3 Å². The summed E-state index contributed by atoms with van der Waals surface area (Å²) in [6.07, 6.45) is 6.22. The number of carbonyl (C=O) groups is 1. The topological polar surface area (TPSA) is 20.3 Å². The van der Waals surface area contributed by atoms with Crippen LogP contribution < -0.4 is 4.90 Å². The highest BCUT2D eigenvalue weighted by Crippen LogP contribution is 2.29. The van der Waals surface area contributed by atoms with Gasteiger partial charge >= 0.3 is 0 Å². The summed E-state index contributed by atoms with van der Waals surface area (Å²) in [6.45, 7) is 1.93. The second-order valence-electron chi connectivity index (χ2n) is 3.91. The smallest absolute Gasteiger partial charge is 0.228 e. The van der Waals surface area contributed by atoms with Crippen molar-refractivity contribution in [1.82, 2.24) is 0 Å². The molecule has 2 nitrogen and oxygen atoms in total. The lowest BCUT2D eigenvalue weighted by atomic mass is 9.99. The van der Waals surface area contributed by atoms with Crippen molar-refractivity contribution in [1.29, 1.82) is 0 Å². The lowest BCUT2D eigenvalue weighted by Gasteiger charge is -2.28. The zero-order valence-corrected chi connectivity index (χ0v) is 9.09. The number of terminal acetylenes is 1. The molecule has 0 fully saturated rings. The summed E-state index contributed by atoms with van der Waals surface area (Å²) < 4.78 is 13.4. The van der Waals surface area contributed by atoms with Crippen molar-refractivity contribution in [2.45, 2.75) is 19.8 Å². The third kappa shape index (κ3) is 1.67. The van der Waals surface area contributed by atoms with Crippen molar-refractivity contribution in [3.05, 3.63) is 29.1 Å². The van der Waals surface area contributed by atoms with Gasteiger partial charge in [0.05, 0.1) is 6.54 Å². The molecule has 1 aliphatic rings. The number of anilines is 1. The zero-order chi connectivity index (χ0) is 11.7. The van der Waals surface area contributed by atoms with E-state index in [0.29, 0.717) is 18.4 Å². The van der Waals surface area contributed by atoms with E-state index in [2.05, 4.69) is 5.92 Å². The van der Waals surface area contributed by atoms with Gasteiger partial charge in [0.2, 0.25) is 5.91 Å². The highest BCUT2D eigenvalue weighted by Gasteiger charge is 2.24. The van der Waals surface area contributed by atoms with Crippen LogP contribution in [0.4, 0.5) is 10.1 Å². The average molecular weight is 217 g/mol. The molecule has 1 amide bonds. The molecule has 0 spiro atoms. The van der Waals surface area contributed by atoms with E-state index in [9.17, 15) is 9.18 Å². The first kappa shape index (κ1) is 10.7. The SMILES string of the molecule is C#CCN1C(=O)CCc2cc(F)c(C)cc21. The molecule has 1 aromatic rings. The fraction of sp³-hybridized carbons (Fsp3) is 0.308. The number of fused-ring (bicyclic) bond motifs is 1. The van der Waals surface area contributed by atoms with E-state index < -0.39 is 0 Å². The lowest BCUT2D eigenvalue weighted by molar-refractivity contribution is -0.118. The molecule has 2 rings (SSSR count). The second-order valence-corrected chi connectivity index (χ2v) is 3.91. The molecular formula is C13H12FNO. The highest BCUT2D eigenvalue weighted by molar-refractivity contribution is 5.96. The fourth-order valence-corrected chi connectivity index (χ4v) is 1.93. The number of carbonyl (C=O) groups excluding carboxylic acids is 1. The van der Waals surface area contributed by atoms with Crippen molar-refractivity contribution in [3.63, 3.8) is 0 Å². The third-order valence-electron chi connectivity index (χ3n) is 2.81. The van der Waals surface area contributed by atoms with Crippen LogP contribution >= 0.6 is 0 Å². The van der Waals surface area contributed by atoms with Gasteiger partial charge in [0.25, 0.3) is 0 Å². The summed E-state index contributed by atoms with van der Waals surface area (Å²) in [7, 11) is 0. The quantitative estimate of drug-likeness (QED) is 0.659. The monoisotopic (exact) mass is 217 g/mol.